The van der Waals surface area contributed by atoms with Crippen LogP contribution < -0.4 is 15.4 Å². The van der Waals surface area contributed by atoms with Crippen molar-refractivity contribution in [1.82, 2.24) is 0 Å². The summed E-state index contributed by atoms with van der Waals surface area (Å²) in [5.41, 5.74) is 1.83. The molecular weight excluding hydrogens is 312 g/mol. The zero-order valence-electron chi connectivity index (χ0n) is 13.2. The van der Waals surface area contributed by atoms with Crippen molar-refractivity contribution in [3.63, 3.8) is 0 Å². The highest BCUT2D eigenvalue weighted by molar-refractivity contribution is 7.10. The Morgan fingerprint density at radius 1 is 1.35 bits per heavy atom. The van der Waals surface area contributed by atoms with Crippen molar-refractivity contribution in [2.45, 2.75) is 32.8 Å². The molecule has 1 aliphatic heterocycles. The number of hydrogen-bond donors (Lipinski definition) is 2. The van der Waals surface area contributed by atoms with Gasteiger partial charge in [0, 0.05) is 15.9 Å². The standard InChI is InChI=1S/C17H18N2O3S/c1-9(2)15-6-11(8-23-15)17(21)18-12-4-5-14-13(7-12)19-16(20)10(3)22-14/h4-10H,1-3H3,(H,18,21)(H,19,20)/t10-/m0/s1. The van der Waals surface area contributed by atoms with E-state index in [1.807, 2.05) is 11.4 Å². The maximum Gasteiger partial charge on any atom is 0.265 e. The smallest absolute Gasteiger partial charge is 0.265 e. The molecule has 6 heteroatoms. The summed E-state index contributed by atoms with van der Waals surface area (Å²) >= 11 is 1.58. The lowest BCUT2D eigenvalue weighted by molar-refractivity contribution is -0.122. The molecule has 0 bridgehead atoms. The average Bonchev–Trinajstić information content (AvgIpc) is 2.99. The van der Waals surface area contributed by atoms with Gasteiger partial charge < -0.3 is 15.4 Å². The van der Waals surface area contributed by atoms with Crippen LogP contribution in [-0.2, 0) is 4.79 Å². The first-order valence-electron chi connectivity index (χ1n) is 7.45. The van der Waals surface area contributed by atoms with Gasteiger partial charge in [0.05, 0.1) is 11.3 Å². The van der Waals surface area contributed by atoms with Gasteiger partial charge in [0.2, 0.25) is 0 Å². The normalized spacial score (nSPS) is 16.5. The molecule has 2 heterocycles. The quantitative estimate of drug-likeness (QED) is 0.898. The number of hydrogen-bond acceptors (Lipinski definition) is 4. The summed E-state index contributed by atoms with van der Waals surface area (Å²) in [6.07, 6.45) is -0.511. The second-order valence-electron chi connectivity index (χ2n) is 5.81. The average molecular weight is 330 g/mol. The van der Waals surface area contributed by atoms with Crippen LogP contribution in [0.4, 0.5) is 11.4 Å². The number of amides is 2. The highest BCUT2D eigenvalue weighted by atomic mass is 32.1. The molecule has 0 aliphatic carbocycles. The number of fused-ring (bicyclic) bond motifs is 1. The number of nitrogens with one attached hydrogen (secondary N) is 2. The third kappa shape index (κ3) is 3.22. The van der Waals surface area contributed by atoms with E-state index in [0.29, 0.717) is 28.6 Å². The minimum absolute atomic E-state index is 0.162. The Morgan fingerprint density at radius 2 is 2.13 bits per heavy atom. The summed E-state index contributed by atoms with van der Waals surface area (Å²) in [5.74, 6) is 0.650. The Hall–Kier alpha value is -2.34. The molecule has 0 saturated heterocycles. The van der Waals surface area contributed by atoms with Crippen LogP contribution in [0.1, 0.15) is 41.9 Å². The molecule has 1 atom stereocenters. The minimum Gasteiger partial charge on any atom is -0.479 e. The predicted molar refractivity (Wildman–Crippen MR) is 91.5 cm³/mol. The number of ether oxygens (including phenoxy) is 1. The molecule has 0 spiro atoms. The molecule has 0 unspecified atom stereocenters. The van der Waals surface area contributed by atoms with Gasteiger partial charge in [0.15, 0.2) is 6.10 Å². The number of benzene rings is 1. The van der Waals surface area contributed by atoms with Crippen molar-refractivity contribution in [2.24, 2.45) is 0 Å². The van der Waals surface area contributed by atoms with E-state index in [4.69, 9.17) is 4.74 Å². The maximum atomic E-state index is 12.3. The molecule has 0 radical (unpaired) electrons. The monoisotopic (exact) mass is 330 g/mol. The van der Waals surface area contributed by atoms with Crippen LogP contribution in [0.5, 0.6) is 5.75 Å². The van der Waals surface area contributed by atoms with Crippen LogP contribution in [0.25, 0.3) is 0 Å². The Kier molecular flexibility index (Phi) is 4.09. The van der Waals surface area contributed by atoms with Crippen LogP contribution >= 0.6 is 11.3 Å². The molecular formula is C17H18N2O3S. The van der Waals surface area contributed by atoms with Gasteiger partial charge in [-0.3, -0.25) is 9.59 Å². The molecule has 120 valence electrons. The SMILES string of the molecule is CC(C)c1cc(C(=O)Nc2ccc3c(c2)NC(=O)[C@H](C)O3)cs1. The predicted octanol–water partition coefficient (Wildman–Crippen LogP) is 3.84. The van der Waals surface area contributed by atoms with Gasteiger partial charge >= 0.3 is 0 Å². The number of carbonyl (C=O) groups excluding carboxylic acids is 2. The van der Waals surface area contributed by atoms with E-state index in [0.717, 1.165) is 0 Å². The summed E-state index contributed by atoms with van der Waals surface area (Å²) in [5, 5.41) is 7.47. The molecule has 1 aromatic carbocycles. The summed E-state index contributed by atoms with van der Waals surface area (Å²) in [4.78, 5) is 25.1. The molecule has 2 N–H and O–H groups in total. The molecule has 2 aromatic rings. The van der Waals surface area contributed by atoms with Crippen LogP contribution in [0.15, 0.2) is 29.6 Å². The first-order valence-corrected chi connectivity index (χ1v) is 8.33. The van der Waals surface area contributed by atoms with Crippen molar-refractivity contribution in [3.8, 4) is 5.75 Å². The highest BCUT2D eigenvalue weighted by Gasteiger charge is 2.23. The third-order valence-corrected chi connectivity index (χ3v) is 4.85. The first kappa shape index (κ1) is 15.6. The fraction of sp³-hybridized carbons (Fsp3) is 0.294. The number of anilines is 2. The van der Waals surface area contributed by atoms with Gasteiger partial charge in [-0.2, -0.15) is 0 Å². The van der Waals surface area contributed by atoms with E-state index in [-0.39, 0.29) is 11.8 Å². The Balaban J connectivity index is 1.76. The Morgan fingerprint density at radius 3 is 2.83 bits per heavy atom. The van der Waals surface area contributed by atoms with Gasteiger partial charge in [-0.05, 0) is 37.1 Å². The van der Waals surface area contributed by atoms with Crippen LogP contribution in [0.3, 0.4) is 0 Å². The van der Waals surface area contributed by atoms with Crippen LogP contribution in [0, 0.1) is 0 Å². The third-order valence-electron chi connectivity index (χ3n) is 3.62. The van der Waals surface area contributed by atoms with Crippen LogP contribution in [-0.4, -0.2) is 17.9 Å². The van der Waals surface area contributed by atoms with Crippen molar-refractivity contribution < 1.29 is 14.3 Å². The number of thiophene rings is 1. The van der Waals surface area contributed by atoms with E-state index in [1.165, 1.54) is 4.88 Å². The van der Waals surface area contributed by atoms with Gasteiger partial charge in [-0.25, -0.2) is 0 Å². The second kappa shape index (κ2) is 6.04. The largest absolute Gasteiger partial charge is 0.479 e. The Labute approximate surface area is 138 Å². The fourth-order valence-corrected chi connectivity index (χ4v) is 3.17. The van der Waals surface area contributed by atoms with Gasteiger partial charge in [-0.1, -0.05) is 13.8 Å². The summed E-state index contributed by atoms with van der Waals surface area (Å²) < 4.78 is 5.50. The minimum atomic E-state index is -0.511. The lowest BCUT2D eigenvalue weighted by atomic mass is 10.1. The molecule has 0 fully saturated rings. The molecule has 2 amide bonds. The lowest BCUT2D eigenvalue weighted by Crippen LogP contribution is -2.34. The molecule has 5 nitrogen and oxygen atoms in total. The topological polar surface area (TPSA) is 67.4 Å². The van der Waals surface area contributed by atoms with E-state index in [1.54, 1.807) is 36.5 Å². The molecule has 0 saturated carbocycles. The maximum absolute atomic E-state index is 12.3. The zero-order chi connectivity index (χ0) is 16.6. The van der Waals surface area contributed by atoms with Crippen LogP contribution in [0.2, 0.25) is 0 Å². The second-order valence-corrected chi connectivity index (χ2v) is 6.75. The fourth-order valence-electron chi connectivity index (χ4n) is 2.26. The Bertz CT molecular complexity index is 767. The zero-order valence-corrected chi connectivity index (χ0v) is 14.0. The molecule has 1 aromatic heterocycles. The van der Waals surface area contributed by atoms with E-state index in [2.05, 4.69) is 24.5 Å². The molecule has 1 aliphatic rings. The van der Waals surface area contributed by atoms with Gasteiger partial charge in [0.1, 0.15) is 5.75 Å². The van der Waals surface area contributed by atoms with Gasteiger partial charge in [0.25, 0.3) is 11.8 Å². The van der Waals surface area contributed by atoms with E-state index in [9.17, 15) is 9.59 Å². The molecule has 23 heavy (non-hydrogen) atoms. The summed E-state index contributed by atoms with van der Waals surface area (Å²) in [6, 6.07) is 7.12. The number of carbonyl (C=O) groups is 2. The highest BCUT2D eigenvalue weighted by Crippen LogP contribution is 2.32. The van der Waals surface area contributed by atoms with Crippen molar-refractivity contribution in [1.29, 1.82) is 0 Å². The lowest BCUT2D eigenvalue weighted by Gasteiger charge is -2.23. The van der Waals surface area contributed by atoms with Crippen molar-refractivity contribution in [2.75, 3.05) is 10.6 Å². The van der Waals surface area contributed by atoms with E-state index < -0.39 is 6.10 Å². The number of rotatable bonds is 3. The molecule has 3 rings (SSSR count). The van der Waals surface area contributed by atoms with Crippen molar-refractivity contribution >= 4 is 34.5 Å². The van der Waals surface area contributed by atoms with Gasteiger partial charge in [-0.15, -0.1) is 11.3 Å². The van der Waals surface area contributed by atoms with Crippen molar-refractivity contribution in [3.05, 3.63) is 40.1 Å². The summed E-state index contributed by atoms with van der Waals surface area (Å²) in [6.45, 7) is 5.89. The first-order chi connectivity index (χ1) is 10.9. The van der Waals surface area contributed by atoms with E-state index >= 15 is 0 Å². The summed E-state index contributed by atoms with van der Waals surface area (Å²) in [7, 11) is 0.